The third-order valence-corrected chi connectivity index (χ3v) is 10.2. The maximum Gasteiger partial charge on any atom is 0.356 e. The van der Waals surface area contributed by atoms with Crippen LogP contribution in [0.1, 0.15) is 53.5 Å². The quantitative estimate of drug-likeness (QED) is 0.217. The highest BCUT2D eigenvalue weighted by molar-refractivity contribution is 6.00. The number of carbonyl (C=O) groups is 2. The van der Waals surface area contributed by atoms with Gasteiger partial charge in [0.05, 0.1) is 37.3 Å². The molecule has 11 heteroatoms. The van der Waals surface area contributed by atoms with Gasteiger partial charge in [-0.25, -0.2) is 19.7 Å². The maximum absolute atomic E-state index is 13.8. The van der Waals surface area contributed by atoms with Crippen LogP contribution in [0.25, 0.3) is 33.6 Å². The van der Waals surface area contributed by atoms with Gasteiger partial charge >= 0.3 is 5.97 Å². The summed E-state index contributed by atoms with van der Waals surface area (Å²) in [6.07, 6.45) is 6.26. The third-order valence-electron chi connectivity index (χ3n) is 10.2. The van der Waals surface area contributed by atoms with Gasteiger partial charge in [0.1, 0.15) is 28.4 Å². The first kappa shape index (κ1) is 28.5. The monoisotopic (exact) mass is 619 g/mol. The summed E-state index contributed by atoms with van der Waals surface area (Å²) < 4.78 is 14.9. The lowest BCUT2D eigenvalue weighted by atomic mass is 10.0. The largest absolute Gasteiger partial charge is 0.494 e. The van der Waals surface area contributed by atoms with Crippen LogP contribution in [0.2, 0.25) is 0 Å². The molecule has 1 aliphatic heterocycles. The van der Waals surface area contributed by atoms with Gasteiger partial charge in [-0.05, 0) is 85.9 Å². The number of amides is 1. The Morgan fingerprint density at radius 2 is 1.87 bits per heavy atom. The first-order valence-electron chi connectivity index (χ1n) is 16.0. The Bertz CT molecular complexity index is 2010. The minimum absolute atomic E-state index is 0.0636. The highest BCUT2D eigenvalue weighted by Crippen LogP contribution is 2.44. The van der Waals surface area contributed by atoms with Crippen LogP contribution in [0.3, 0.4) is 0 Å². The van der Waals surface area contributed by atoms with Crippen LogP contribution in [0.5, 0.6) is 5.75 Å². The summed E-state index contributed by atoms with van der Waals surface area (Å²) in [5.41, 5.74) is 5.00. The Balaban J connectivity index is 1.17. The van der Waals surface area contributed by atoms with Crippen molar-refractivity contribution in [3.8, 4) is 17.3 Å². The number of hydrogen-bond donors (Lipinski definition) is 1. The lowest BCUT2D eigenvalue weighted by Gasteiger charge is -2.27. The average Bonchev–Trinajstić information content (AvgIpc) is 3.48. The molecule has 2 saturated carbocycles. The minimum Gasteiger partial charge on any atom is -0.494 e. The van der Waals surface area contributed by atoms with E-state index in [-0.39, 0.29) is 11.6 Å². The Labute approximate surface area is 266 Å². The molecule has 5 heterocycles. The van der Waals surface area contributed by atoms with Crippen molar-refractivity contribution >= 4 is 45.4 Å². The molecule has 1 saturated heterocycles. The molecule has 0 spiro atoms. The van der Waals surface area contributed by atoms with E-state index in [1.54, 1.807) is 25.4 Å². The number of benzene rings is 1. The van der Waals surface area contributed by atoms with Gasteiger partial charge < -0.3 is 28.8 Å². The van der Waals surface area contributed by atoms with E-state index in [1.807, 2.05) is 25.2 Å². The Morgan fingerprint density at radius 3 is 2.54 bits per heavy atom. The van der Waals surface area contributed by atoms with E-state index >= 15 is 0 Å². The molecule has 1 aromatic carbocycles. The second-order valence-corrected chi connectivity index (χ2v) is 13.0. The van der Waals surface area contributed by atoms with Crippen molar-refractivity contribution in [3.63, 3.8) is 0 Å². The van der Waals surface area contributed by atoms with E-state index in [0.717, 1.165) is 53.1 Å². The number of hydrogen-bond acceptors (Lipinski definition) is 8. The summed E-state index contributed by atoms with van der Waals surface area (Å²) >= 11 is 0. The number of piperidine rings is 1. The van der Waals surface area contributed by atoms with Crippen molar-refractivity contribution in [2.75, 3.05) is 26.1 Å². The summed E-state index contributed by atoms with van der Waals surface area (Å²) in [6.45, 7) is 3.95. The third kappa shape index (κ3) is 4.67. The van der Waals surface area contributed by atoms with E-state index in [4.69, 9.17) is 19.4 Å². The predicted molar refractivity (Wildman–Crippen MR) is 174 cm³/mol. The number of rotatable bonds is 8. The van der Waals surface area contributed by atoms with Crippen LogP contribution in [0.15, 0.2) is 48.7 Å². The lowest BCUT2D eigenvalue weighted by molar-refractivity contribution is 0.0593. The number of esters is 1. The molecule has 0 radical (unpaired) electrons. The summed E-state index contributed by atoms with van der Waals surface area (Å²) in [5, 5.41) is 4.32. The number of aryl methyl sites for hydroxylation is 1. The zero-order valence-corrected chi connectivity index (χ0v) is 26.5. The second kappa shape index (κ2) is 10.9. The van der Waals surface area contributed by atoms with Gasteiger partial charge in [0.25, 0.3) is 5.91 Å². The number of aromatic nitrogens is 5. The van der Waals surface area contributed by atoms with Crippen LogP contribution in [0, 0.1) is 17.8 Å². The minimum atomic E-state index is -0.480. The molecule has 1 N–H and O–H groups in total. The molecule has 8 rings (SSSR count). The van der Waals surface area contributed by atoms with Crippen molar-refractivity contribution < 1.29 is 19.1 Å². The molecular formula is C35H37N7O4. The number of pyridine rings is 2. The van der Waals surface area contributed by atoms with Crippen molar-refractivity contribution in [3.05, 3.63) is 59.9 Å². The first-order valence-corrected chi connectivity index (χ1v) is 16.0. The fourth-order valence-corrected chi connectivity index (χ4v) is 7.49. The van der Waals surface area contributed by atoms with E-state index < -0.39 is 5.97 Å². The Morgan fingerprint density at radius 1 is 1.02 bits per heavy atom. The van der Waals surface area contributed by atoms with Gasteiger partial charge in [-0.2, -0.15) is 0 Å². The molecule has 4 aromatic heterocycles. The van der Waals surface area contributed by atoms with Crippen molar-refractivity contribution in [1.29, 1.82) is 0 Å². The van der Waals surface area contributed by atoms with Gasteiger partial charge in [-0.15, -0.1) is 0 Å². The highest BCUT2D eigenvalue weighted by Gasteiger charge is 2.46. The topological polar surface area (TPSA) is 116 Å². The van der Waals surface area contributed by atoms with E-state index in [9.17, 15) is 9.59 Å². The van der Waals surface area contributed by atoms with E-state index in [1.165, 1.54) is 26.4 Å². The summed E-state index contributed by atoms with van der Waals surface area (Å²) in [6, 6.07) is 13.6. The van der Waals surface area contributed by atoms with Crippen LogP contribution < -0.4 is 10.1 Å². The standard InChI is InChI=1S/C35H37N7O4/c1-19-22-7-11-27(19)42(18-22)34(43)23-13-26-31(29(15-23)45-3)40(2)33(38-26)28-14-21-8-12-30(39-32(21)41(28)17-20-5-6-20)37-24-9-10-25(36-16-24)35(44)46-4/h8-10,12-16,19-20,22,27H,5-7,11,17-18H2,1-4H3,(H,37,39)/t19-,22?,27?/m1/s1. The fourth-order valence-electron chi connectivity index (χ4n) is 7.49. The fraction of sp³-hybridized carbons (Fsp3) is 0.400. The SMILES string of the molecule is COC(=O)c1ccc(Nc2ccc3cc(-c4nc5cc(C(=O)N6CC7CCC6[C@@H]7C)cc(OC)c5n4C)n(CC4CC4)c3n2)cn1. The molecule has 3 fully saturated rings. The predicted octanol–water partition coefficient (Wildman–Crippen LogP) is 5.80. The number of ether oxygens (including phenoxy) is 2. The summed E-state index contributed by atoms with van der Waals surface area (Å²) in [7, 11) is 4.98. The average molecular weight is 620 g/mol. The molecule has 11 nitrogen and oxygen atoms in total. The van der Waals surface area contributed by atoms with Gasteiger partial charge in [-0.3, -0.25) is 4.79 Å². The number of likely N-dealkylation sites (tertiary alicyclic amines) is 1. The molecule has 46 heavy (non-hydrogen) atoms. The number of anilines is 2. The number of fused-ring (bicyclic) bond motifs is 4. The van der Waals surface area contributed by atoms with E-state index in [2.05, 4.69) is 43.4 Å². The molecule has 5 aromatic rings. The number of nitrogens with zero attached hydrogens (tertiary/aromatic N) is 6. The number of imidazole rings is 1. The molecule has 2 aliphatic carbocycles. The highest BCUT2D eigenvalue weighted by atomic mass is 16.5. The van der Waals surface area contributed by atoms with E-state index in [0.29, 0.717) is 46.6 Å². The van der Waals surface area contributed by atoms with Crippen LogP contribution >= 0.6 is 0 Å². The normalized spacial score (nSPS) is 20.5. The number of carbonyl (C=O) groups excluding carboxylic acids is 2. The molecule has 2 unspecified atom stereocenters. The summed E-state index contributed by atoms with van der Waals surface area (Å²) in [4.78, 5) is 42.0. The smallest absolute Gasteiger partial charge is 0.356 e. The van der Waals surface area contributed by atoms with Crippen LogP contribution in [0.4, 0.5) is 11.5 Å². The van der Waals surface area contributed by atoms with Crippen LogP contribution in [-0.2, 0) is 18.3 Å². The molecule has 3 atom stereocenters. The molecular weight excluding hydrogens is 582 g/mol. The van der Waals surface area contributed by atoms with Gasteiger partial charge in [-0.1, -0.05) is 6.92 Å². The second-order valence-electron chi connectivity index (χ2n) is 13.0. The van der Waals surface area contributed by atoms with Gasteiger partial charge in [0.2, 0.25) is 0 Å². The lowest BCUT2D eigenvalue weighted by Crippen LogP contribution is -2.38. The summed E-state index contributed by atoms with van der Waals surface area (Å²) in [5.74, 6) is 3.43. The molecule has 3 aliphatic rings. The van der Waals surface area contributed by atoms with Crippen molar-refractivity contribution in [2.45, 2.75) is 45.2 Å². The molecule has 1 amide bonds. The Kier molecular flexibility index (Phi) is 6.73. The van der Waals surface area contributed by atoms with Gasteiger partial charge in [0.15, 0.2) is 5.82 Å². The number of methoxy groups -OCH3 is 2. The zero-order valence-electron chi connectivity index (χ0n) is 26.5. The van der Waals surface area contributed by atoms with Crippen LogP contribution in [-0.4, -0.2) is 67.7 Å². The van der Waals surface area contributed by atoms with Crippen molar-refractivity contribution in [2.24, 2.45) is 24.8 Å². The maximum atomic E-state index is 13.8. The number of nitrogens with one attached hydrogen (secondary N) is 1. The molecule has 2 bridgehead atoms. The first-order chi connectivity index (χ1) is 22.3. The zero-order chi connectivity index (χ0) is 31.7. The van der Waals surface area contributed by atoms with Gasteiger partial charge in [0, 0.05) is 37.1 Å². The van der Waals surface area contributed by atoms with Crippen molar-refractivity contribution in [1.82, 2.24) is 29.0 Å². The Hall–Kier alpha value is -4.93. The molecule has 236 valence electrons.